The van der Waals surface area contributed by atoms with Crippen LogP contribution in [0.5, 0.6) is 0 Å². The quantitative estimate of drug-likeness (QED) is 0.862. The summed E-state index contributed by atoms with van der Waals surface area (Å²) in [6.07, 6.45) is 7.19. The molecule has 2 atom stereocenters. The summed E-state index contributed by atoms with van der Waals surface area (Å²) >= 11 is 0. The molecule has 1 aromatic carbocycles. The molecule has 0 spiro atoms. The molecule has 2 aromatic rings. The Balaban J connectivity index is 1.44. The second-order valence-corrected chi connectivity index (χ2v) is 7.04. The molecule has 23 heavy (non-hydrogen) atoms. The molecule has 1 aromatic heterocycles. The number of pyridine rings is 1. The summed E-state index contributed by atoms with van der Waals surface area (Å²) in [5.74, 6) is 0.734. The molecule has 1 fully saturated rings. The second-order valence-electron chi connectivity index (χ2n) is 7.04. The van der Waals surface area contributed by atoms with Crippen molar-refractivity contribution in [3.05, 3.63) is 65.5 Å². The summed E-state index contributed by atoms with van der Waals surface area (Å²) in [5, 5.41) is 14.7. The van der Waals surface area contributed by atoms with Crippen LogP contribution in [0.2, 0.25) is 0 Å². The van der Waals surface area contributed by atoms with Crippen molar-refractivity contribution < 1.29 is 5.11 Å². The molecule has 0 aliphatic heterocycles. The van der Waals surface area contributed by atoms with Gasteiger partial charge < -0.3 is 10.4 Å². The number of nitrogens with one attached hydrogen (secondary N) is 1. The van der Waals surface area contributed by atoms with E-state index in [-0.39, 0.29) is 0 Å². The lowest BCUT2D eigenvalue weighted by Gasteiger charge is -2.28. The van der Waals surface area contributed by atoms with Gasteiger partial charge in [-0.1, -0.05) is 30.3 Å². The van der Waals surface area contributed by atoms with Gasteiger partial charge in [-0.15, -0.1) is 0 Å². The lowest BCUT2D eigenvalue weighted by atomic mass is 9.95. The van der Waals surface area contributed by atoms with Crippen molar-refractivity contribution in [1.29, 1.82) is 0 Å². The molecule has 0 saturated heterocycles. The van der Waals surface area contributed by atoms with Crippen LogP contribution in [0.3, 0.4) is 0 Å². The summed E-state index contributed by atoms with van der Waals surface area (Å²) in [4.78, 5) is 4.46. The Bertz CT molecular complexity index is 668. The molecular weight excluding hydrogens is 284 g/mol. The third-order valence-corrected chi connectivity index (χ3v) is 5.33. The van der Waals surface area contributed by atoms with Crippen molar-refractivity contribution in [1.82, 2.24) is 10.3 Å². The number of hydrogen-bond donors (Lipinski definition) is 2. The summed E-state index contributed by atoms with van der Waals surface area (Å²) in [6, 6.07) is 14.8. The van der Waals surface area contributed by atoms with E-state index in [1.807, 2.05) is 24.4 Å². The fourth-order valence-electron chi connectivity index (χ4n) is 3.80. The van der Waals surface area contributed by atoms with E-state index < -0.39 is 5.60 Å². The monoisotopic (exact) mass is 308 g/mol. The van der Waals surface area contributed by atoms with Gasteiger partial charge in [0.1, 0.15) is 5.60 Å². The number of rotatable bonds is 6. The van der Waals surface area contributed by atoms with Crippen LogP contribution >= 0.6 is 0 Å². The lowest BCUT2D eigenvalue weighted by molar-refractivity contribution is 0.0350. The molecule has 2 aliphatic carbocycles. The van der Waals surface area contributed by atoms with Crippen LogP contribution in [0, 0.1) is 5.92 Å². The Morgan fingerprint density at radius 3 is 2.78 bits per heavy atom. The van der Waals surface area contributed by atoms with Crippen LogP contribution in [0.25, 0.3) is 0 Å². The molecule has 4 rings (SSSR count). The second kappa shape index (κ2) is 6.06. The molecule has 2 N–H and O–H groups in total. The van der Waals surface area contributed by atoms with Crippen molar-refractivity contribution in [2.75, 3.05) is 6.54 Å². The molecule has 2 aliphatic rings. The maximum absolute atomic E-state index is 11.1. The van der Waals surface area contributed by atoms with Gasteiger partial charge in [-0.3, -0.25) is 4.98 Å². The van der Waals surface area contributed by atoms with Gasteiger partial charge in [0, 0.05) is 30.9 Å². The topological polar surface area (TPSA) is 45.1 Å². The zero-order chi connectivity index (χ0) is 15.7. The molecule has 3 heteroatoms. The van der Waals surface area contributed by atoms with Crippen LogP contribution in [0.1, 0.15) is 36.1 Å². The van der Waals surface area contributed by atoms with Gasteiger partial charge in [0.05, 0.1) is 0 Å². The van der Waals surface area contributed by atoms with Crippen LogP contribution in [0.15, 0.2) is 48.7 Å². The number of fused-ring (bicyclic) bond motifs is 1. The van der Waals surface area contributed by atoms with E-state index >= 15 is 0 Å². The van der Waals surface area contributed by atoms with E-state index in [0.29, 0.717) is 12.6 Å². The average molecular weight is 308 g/mol. The first-order chi connectivity index (χ1) is 11.2. The average Bonchev–Trinajstić information content (AvgIpc) is 3.38. The Morgan fingerprint density at radius 2 is 2.00 bits per heavy atom. The maximum Gasteiger partial charge on any atom is 0.103 e. The molecule has 1 saturated carbocycles. The Hall–Kier alpha value is -1.71. The standard InChI is InChI=1S/C20H24N2O/c23-20(11-10-15-5-1-2-7-18(15)20)14-22-19(16-8-9-16)13-17-6-3-4-12-21-17/h1-7,12,16,19,22-23H,8-11,13-14H2/t19-,20+/m0/s1. The highest BCUT2D eigenvalue weighted by atomic mass is 16.3. The van der Waals surface area contributed by atoms with Crippen molar-refractivity contribution >= 4 is 0 Å². The maximum atomic E-state index is 11.1. The van der Waals surface area contributed by atoms with Crippen molar-refractivity contribution in [3.63, 3.8) is 0 Å². The van der Waals surface area contributed by atoms with E-state index in [4.69, 9.17) is 0 Å². The fraction of sp³-hybridized carbons (Fsp3) is 0.450. The summed E-state index contributed by atoms with van der Waals surface area (Å²) in [6.45, 7) is 0.637. The number of aryl methyl sites for hydroxylation is 1. The van der Waals surface area contributed by atoms with E-state index in [2.05, 4.69) is 34.6 Å². The molecule has 3 nitrogen and oxygen atoms in total. The summed E-state index contributed by atoms with van der Waals surface area (Å²) < 4.78 is 0. The molecule has 1 heterocycles. The van der Waals surface area contributed by atoms with E-state index in [1.165, 1.54) is 18.4 Å². The normalized spacial score (nSPS) is 24.4. The highest BCUT2D eigenvalue weighted by Crippen LogP contribution is 2.38. The van der Waals surface area contributed by atoms with Gasteiger partial charge in [0.25, 0.3) is 0 Å². The van der Waals surface area contributed by atoms with Gasteiger partial charge in [-0.25, -0.2) is 0 Å². The highest BCUT2D eigenvalue weighted by molar-refractivity contribution is 5.37. The predicted octanol–water partition coefficient (Wildman–Crippen LogP) is 2.83. The molecule has 0 amide bonds. The fourth-order valence-corrected chi connectivity index (χ4v) is 3.80. The molecule has 0 unspecified atom stereocenters. The van der Waals surface area contributed by atoms with Crippen molar-refractivity contribution in [2.24, 2.45) is 5.92 Å². The third kappa shape index (κ3) is 3.17. The number of aliphatic hydroxyl groups is 1. The van der Waals surface area contributed by atoms with Crippen LogP contribution in [-0.4, -0.2) is 22.7 Å². The summed E-state index contributed by atoms with van der Waals surface area (Å²) in [7, 11) is 0. The van der Waals surface area contributed by atoms with Crippen LogP contribution in [0.4, 0.5) is 0 Å². The predicted molar refractivity (Wildman–Crippen MR) is 91.1 cm³/mol. The Kier molecular flexibility index (Phi) is 3.92. The molecule has 0 bridgehead atoms. The first kappa shape index (κ1) is 14.9. The third-order valence-electron chi connectivity index (χ3n) is 5.33. The number of hydrogen-bond acceptors (Lipinski definition) is 3. The van der Waals surface area contributed by atoms with Gasteiger partial charge in [-0.05, 0) is 54.9 Å². The summed E-state index contributed by atoms with van der Waals surface area (Å²) in [5.41, 5.74) is 2.83. The van der Waals surface area contributed by atoms with Gasteiger partial charge in [0.15, 0.2) is 0 Å². The highest BCUT2D eigenvalue weighted by Gasteiger charge is 2.38. The van der Waals surface area contributed by atoms with Gasteiger partial charge >= 0.3 is 0 Å². The Morgan fingerprint density at radius 1 is 1.17 bits per heavy atom. The smallest absolute Gasteiger partial charge is 0.103 e. The first-order valence-corrected chi connectivity index (χ1v) is 8.69. The zero-order valence-corrected chi connectivity index (χ0v) is 13.4. The lowest BCUT2D eigenvalue weighted by Crippen LogP contribution is -2.43. The number of nitrogens with zero attached hydrogens (tertiary/aromatic N) is 1. The molecule has 120 valence electrons. The molecular formula is C20H24N2O. The van der Waals surface area contributed by atoms with Gasteiger partial charge in [-0.2, -0.15) is 0 Å². The molecule has 0 radical (unpaired) electrons. The zero-order valence-electron chi connectivity index (χ0n) is 13.4. The van der Waals surface area contributed by atoms with Crippen LogP contribution in [-0.2, 0) is 18.4 Å². The van der Waals surface area contributed by atoms with Crippen LogP contribution < -0.4 is 5.32 Å². The van der Waals surface area contributed by atoms with E-state index in [1.54, 1.807) is 0 Å². The van der Waals surface area contributed by atoms with Gasteiger partial charge in [0.2, 0.25) is 0 Å². The minimum atomic E-state index is -0.714. The number of benzene rings is 1. The van der Waals surface area contributed by atoms with E-state index in [0.717, 1.165) is 36.4 Å². The van der Waals surface area contributed by atoms with E-state index in [9.17, 15) is 5.11 Å². The SMILES string of the molecule is O[C@@]1(CN[C@@H](Cc2ccccn2)C2CC2)CCc2ccccc21. The minimum absolute atomic E-state index is 0.418. The van der Waals surface area contributed by atoms with Crippen molar-refractivity contribution in [2.45, 2.75) is 43.7 Å². The first-order valence-electron chi connectivity index (χ1n) is 8.69. The number of aromatic nitrogens is 1. The van der Waals surface area contributed by atoms with Crippen molar-refractivity contribution in [3.8, 4) is 0 Å². The minimum Gasteiger partial charge on any atom is -0.384 e. The largest absolute Gasteiger partial charge is 0.384 e. The Labute approximate surface area is 137 Å².